The average Bonchev–Trinajstić information content (AvgIpc) is 2.66. The Kier molecular flexibility index (Phi) is 7.07. The highest BCUT2D eigenvalue weighted by Gasteiger charge is 2.20. The Morgan fingerprint density at radius 2 is 1.85 bits per heavy atom. The van der Waals surface area contributed by atoms with Gasteiger partial charge in [-0.2, -0.15) is 0 Å². The van der Waals surface area contributed by atoms with Crippen molar-refractivity contribution in [3.05, 3.63) is 52.5 Å². The molecule has 0 aliphatic rings. The standard InChI is InChI=1S/C20H23ClN2O4/c1-5-13-8-6-7-9-16(13)22-18(24)12-23(2)20(25)14-10-15(21)19(27-4)17(11-14)26-3/h6-11H,5,12H2,1-4H3,(H,22,24). The fourth-order valence-corrected chi connectivity index (χ4v) is 2.98. The SMILES string of the molecule is CCc1ccccc1NC(=O)CN(C)C(=O)c1cc(Cl)c(OC)c(OC)c1. The average molecular weight is 391 g/mol. The molecule has 0 aliphatic heterocycles. The number of carbonyl (C=O) groups excluding carboxylic acids is 2. The first-order valence-electron chi connectivity index (χ1n) is 8.46. The lowest BCUT2D eigenvalue weighted by molar-refractivity contribution is -0.116. The molecule has 0 radical (unpaired) electrons. The molecule has 0 saturated heterocycles. The number of hydrogen-bond donors (Lipinski definition) is 1. The van der Waals surface area contributed by atoms with E-state index in [1.54, 1.807) is 7.05 Å². The lowest BCUT2D eigenvalue weighted by Crippen LogP contribution is -2.35. The van der Waals surface area contributed by atoms with Crippen LogP contribution in [0.15, 0.2) is 36.4 Å². The molecule has 144 valence electrons. The Labute approximate surface area is 164 Å². The first-order chi connectivity index (χ1) is 12.9. The minimum Gasteiger partial charge on any atom is -0.493 e. The third-order valence-corrected chi connectivity index (χ3v) is 4.36. The molecule has 0 fully saturated rings. The van der Waals surface area contributed by atoms with Crippen molar-refractivity contribution in [1.29, 1.82) is 0 Å². The van der Waals surface area contributed by atoms with E-state index >= 15 is 0 Å². The molecule has 2 aromatic carbocycles. The smallest absolute Gasteiger partial charge is 0.254 e. The number of anilines is 1. The molecule has 7 heteroatoms. The van der Waals surface area contributed by atoms with Gasteiger partial charge in [-0.15, -0.1) is 0 Å². The number of halogens is 1. The van der Waals surface area contributed by atoms with E-state index < -0.39 is 0 Å². The summed E-state index contributed by atoms with van der Waals surface area (Å²) >= 11 is 6.15. The lowest BCUT2D eigenvalue weighted by Gasteiger charge is -2.19. The summed E-state index contributed by atoms with van der Waals surface area (Å²) in [7, 11) is 4.48. The van der Waals surface area contributed by atoms with Gasteiger partial charge in [-0.05, 0) is 30.2 Å². The number of nitrogens with zero attached hydrogens (tertiary/aromatic N) is 1. The van der Waals surface area contributed by atoms with Crippen molar-refractivity contribution < 1.29 is 19.1 Å². The topological polar surface area (TPSA) is 67.9 Å². The van der Waals surface area contributed by atoms with Crippen LogP contribution in [0.3, 0.4) is 0 Å². The number of benzene rings is 2. The van der Waals surface area contributed by atoms with Crippen molar-refractivity contribution in [3.63, 3.8) is 0 Å². The molecular formula is C20H23ClN2O4. The summed E-state index contributed by atoms with van der Waals surface area (Å²) in [6.07, 6.45) is 0.801. The summed E-state index contributed by atoms with van der Waals surface area (Å²) in [5, 5.41) is 3.11. The zero-order valence-electron chi connectivity index (χ0n) is 15.8. The van der Waals surface area contributed by atoms with Gasteiger partial charge in [-0.3, -0.25) is 9.59 Å². The molecule has 0 spiro atoms. The summed E-state index contributed by atoms with van der Waals surface area (Å²) in [6.45, 7) is 1.92. The number of hydrogen-bond acceptors (Lipinski definition) is 4. The fraction of sp³-hybridized carbons (Fsp3) is 0.300. The van der Waals surface area contributed by atoms with Crippen LogP contribution in [0, 0.1) is 0 Å². The van der Waals surface area contributed by atoms with E-state index in [0.29, 0.717) is 17.1 Å². The first-order valence-corrected chi connectivity index (χ1v) is 8.83. The van der Waals surface area contributed by atoms with Gasteiger partial charge in [-0.25, -0.2) is 0 Å². The molecule has 0 unspecified atom stereocenters. The number of para-hydroxylation sites is 1. The van der Waals surface area contributed by atoms with Gasteiger partial charge >= 0.3 is 0 Å². The monoisotopic (exact) mass is 390 g/mol. The minimum absolute atomic E-state index is 0.0944. The van der Waals surface area contributed by atoms with E-state index in [-0.39, 0.29) is 23.4 Å². The summed E-state index contributed by atoms with van der Waals surface area (Å²) in [4.78, 5) is 26.3. The third kappa shape index (κ3) is 4.92. The van der Waals surface area contributed by atoms with Crippen molar-refractivity contribution in [3.8, 4) is 11.5 Å². The van der Waals surface area contributed by atoms with Gasteiger partial charge in [0.25, 0.3) is 5.91 Å². The fourth-order valence-electron chi connectivity index (χ4n) is 2.69. The highest BCUT2D eigenvalue weighted by molar-refractivity contribution is 6.32. The van der Waals surface area contributed by atoms with Crippen LogP contribution < -0.4 is 14.8 Å². The van der Waals surface area contributed by atoms with Gasteiger partial charge in [0.1, 0.15) is 0 Å². The van der Waals surface area contributed by atoms with E-state index in [9.17, 15) is 9.59 Å². The number of carbonyl (C=O) groups is 2. The maximum absolute atomic E-state index is 12.7. The van der Waals surface area contributed by atoms with E-state index in [1.807, 2.05) is 31.2 Å². The lowest BCUT2D eigenvalue weighted by atomic mass is 10.1. The van der Waals surface area contributed by atoms with Crippen LogP contribution in [-0.2, 0) is 11.2 Å². The van der Waals surface area contributed by atoms with Crippen LogP contribution in [0.1, 0.15) is 22.8 Å². The van der Waals surface area contributed by atoms with Crippen molar-refractivity contribution in [2.75, 3.05) is 33.1 Å². The molecule has 0 aliphatic carbocycles. The Hall–Kier alpha value is -2.73. The number of amides is 2. The Bertz CT molecular complexity index is 839. The first kappa shape index (κ1) is 20.6. The van der Waals surface area contributed by atoms with E-state index in [1.165, 1.54) is 31.3 Å². The van der Waals surface area contributed by atoms with E-state index in [4.69, 9.17) is 21.1 Å². The predicted molar refractivity (Wildman–Crippen MR) is 106 cm³/mol. The van der Waals surface area contributed by atoms with Gasteiger partial charge < -0.3 is 19.7 Å². The van der Waals surface area contributed by atoms with E-state index in [2.05, 4.69) is 5.32 Å². The van der Waals surface area contributed by atoms with Crippen LogP contribution in [0.2, 0.25) is 5.02 Å². The molecule has 0 heterocycles. The van der Waals surface area contributed by atoms with Crippen molar-refractivity contribution >= 4 is 29.1 Å². The molecule has 2 rings (SSSR count). The molecule has 1 N–H and O–H groups in total. The summed E-state index contributed by atoms with van der Waals surface area (Å²) in [6, 6.07) is 10.6. The van der Waals surface area contributed by atoms with Crippen LogP contribution in [-0.4, -0.2) is 44.5 Å². The predicted octanol–water partition coefficient (Wildman–Crippen LogP) is 3.63. The number of nitrogens with one attached hydrogen (secondary N) is 1. The molecule has 0 saturated carbocycles. The van der Waals surface area contributed by atoms with Crippen molar-refractivity contribution in [1.82, 2.24) is 4.90 Å². The number of likely N-dealkylation sites (N-methyl/N-ethyl adjacent to an activating group) is 1. The number of rotatable bonds is 7. The zero-order valence-corrected chi connectivity index (χ0v) is 16.6. The Morgan fingerprint density at radius 1 is 1.15 bits per heavy atom. The second kappa shape index (κ2) is 9.28. The van der Waals surface area contributed by atoms with Gasteiger partial charge in [0, 0.05) is 18.3 Å². The Balaban J connectivity index is 2.11. The molecule has 2 aromatic rings. The zero-order chi connectivity index (χ0) is 20.0. The largest absolute Gasteiger partial charge is 0.493 e. The molecule has 0 bridgehead atoms. The third-order valence-electron chi connectivity index (χ3n) is 4.08. The van der Waals surface area contributed by atoms with Crippen LogP contribution >= 0.6 is 11.6 Å². The molecule has 0 aromatic heterocycles. The number of ether oxygens (including phenoxy) is 2. The highest BCUT2D eigenvalue weighted by atomic mass is 35.5. The summed E-state index contributed by atoms with van der Waals surface area (Å²) in [5.74, 6) is 0.0745. The number of methoxy groups -OCH3 is 2. The highest BCUT2D eigenvalue weighted by Crippen LogP contribution is 2.36. The Morgan fingerprint density at radius 3 is 2.48 bits per heavy atom. The van der Waals surface area contributed by atoms with Gasteiger partial charge in [0.15, 0.2) is 11.5 Å². The molecule has 2 amide bonds. The second-order valence-electron chi connectivity index (χ2n) is 5.91. The maximum Gasteiger partial charge on any atom is 0.254 e. The van der Waals surface area contributed by atoms with Gasteiger partial charge in [-0.1, -0.05) is 36.7 Å². The van der Waals surface area contributed by atoms with Crippen LogP contribution in [0.25, 0.3) is 0 Å². The van der Waals surface area contributed by atoms with Gasteiger partial charge in [0.05, 0.1) is 25.8 Å². The van der Waals surface area contributed by atoms with Crippen LogP contribution in [0.5, 0.6) is 11.5 Å². The minimum atomic E-state index is -0.350. The summed E-state index contributed by atoms with van der Waals surface area (Å²) in [5.41, 5.74) is 2.09. The normalized spacial score (nSPS) is 10.3. The van der Waals surface area contributed by atoms with E-state index in [0.717, 1.165) is 17.7 Å². The van der Waals surface area contributed by atoms with Crippen molar-refractivity contribution in [2.45, 2.75) is 13.3 Å². The quantitative estimate of drug-likeness (QED) is 0.783. The van der Waals surface area contributed by atoms with Crippen LogP contribution in [0.4, 0.5) is 5.69 Å². The summed E-state index contributed by atoms with van der Waals surface area (Å²) < 4.78 is 10.4. The molecular weight excluding hydrogens is 368 g/mol. The molecule has 0 atom stereocenters. The van der Waals surface area contributed by atoms with Crippen molar-refractivity contribution in [2.24, 2.45) is 0 Å². The molecule has 27 heavy (non-hydrogen) atoms. The maximum atomic E-state index is 12.7. The second-order valence-corrected chi connectivity index (χ2v) is 6.32. The molecule has 6 nitrogen and oxygen atoms in total. The number of aryl methyl sites for hydroxylation is 1. The van der Waals surface area contributed by atoms with Gasteiger partial charge in [0.2, 0.25) is 5.91 Å².